The van der Waals surface area contributed by atoms with Crippen molar-refractivity contribution in [1.29, 1.82) is 0 Å². The lowest BCUT2D eigenvalue weighted by atomic mass is 9.85. The third-order valence-electron chi connectivity index (χ3n) is 3.87. The summed E-state index contributed by atoms with van der Waals surface area (Å²) in [6.07, 6.45) is 7.25. The van der Waals surface area contributed by atoms with Gasteiger partial charge in [0, 0.05) is 0 Å². The molecule has 0 amide bonds. The molecule has 0 saturated carbocycles. The quantitative estimate of drug-likeness (QED) is 0.776. The zero-order chi connectivity index (χ0) is 12.4. The molecule has 2 atom stereocenters. The second-order valence-electron chi connectivity index (χ2n) is 5.10. The molecule has 0 aliphatic heterocycles. The SMILES string of the molecule is OC(c1ccc2ccccc2c1)C1CC=CCC1. The van der Waals surface area contributed by atoms with Gasteiger partial charge in [-0.25, -0.2) is 0 Å². The summed E-state index contributed by atoms with van der Waals surface area (Å²) >= 11 is 0. The lowest BCUT2D eigenvalue weighted by Crippen LogP contribution is -2.13. The molecular formula is C17H18O. The van der Waals surface area contributed by atoms with Crippen molar-refractivity contribution in [3.63, 3.8) is 0 Å². The minimum atomic E-state index is -0.334. The second-order valence-corrected chi connectivity index (χ2v) is 5.10. The van der Waals surface area contributed by atoms with E-state index in [-0.39, 0.29) is 6.10 Å². The predicted octanol–water partition coefficient (Wildman–Crippen LogP) is 4.23. The van der Waals surface area contributed by atoms with Gasteiger partial charge in [0.1, 0.15) is 0 Å². The zero-order valence-electron chi connectivity index (χ0n) is 10.4. The van der Waals surface area contributed by atoms with Crippen LogP contribution < -0.4 is 0 Å². The number of fused-ring (bicyclic) bond motifs is 1. The van der Waals surface area contributed by atoms with Crippen LogP contribution in [0, 0.1) is 5.92 Å². The first-order valence-electron chi connectivity index (χ1n) is 6.66. The first-order chi connectivity index (χ1) is 8.84. The molecule has 0 fully saturated rings. The number of rotatable bonds is 2. The second kappa shape index (κ2) is 4.95. The van der Waals surface area contributed by atoms with Crippen LogP contribution in [0.15, 0.2) is 54.6 Å². The third-order valence-corrected chi connectivity index (χ3v) is 3.87. The molecule has 1 aliphatic carbocycles. The van der Waals surface area contributed by atoms with E-state index in [9.17, 15) is 5.11 Å². The molecule has 2 aromatic carbocycles. The van der Waals surface area contributed by atoms with Crippen LogP contribution in [0.1, 0.15) is 30.9 Å². The normalized spacial score (nSPS) is 21.1. The van der Waals surface area contributed by atoms with Crippen LogP contribution in [0.4, 0.5) is 0 Å². The van der Waals surface area contributed by atoms with Gasteiger partial charge in [0.15, 0.2) is 0 Å². The van der Waals surface area contributed by atoms with Crippen molar-refractivity contribution in [2.45, 2.75) is 25.4 Å². The number of benzene rings is 2. The maximum atomic E-state index is 10.5. The van der Waals surface area contributed by atoms with Gasteiger partial charge in [0.25, 0.3) is 0 Å². The average molecular weight is 238 g/mol. The monoisotopic (exact) mass is 238 g/mol. The van der Waals surface area contributed by atoms with E-state index in [2.05, 4.69) is 42.5 Å². The molecule has 1 nitrogen and oxygen atoms in total. The molecule has 0 radical (unpaired) electrons. The molecule has 92 valence electrons. The fraction of sp³-hybridized carbons (Fsp3) is 0.294. The maximum absolute atomic E-state index is 10.5. The third kappa shape index (κ3) is 2.19. The first kappa shape index (κ1) is 11.5. The van der Waals surface area contributed by atoms with Crippen molar-refractivity contribution in [3.05, 3.63) is 60.2 Å². The molecule has 0 heterocycles. The van der Waals surface area contributed by atoms with Gasteiger partial charge in [0.2, 0.25) is 0 Å². The van der Waals surface area contributed by atoms with E-state index in [4.69, 9.17) is 0 Å². The fourth-order valence-corrected chi connectivity index (χ4v) is 2.77. The van der Waals surface area contributed by atoms with Crippen molar-refractivity contribution >= 4 is 10.8 Å². The molecule has 2 aromatic rings. The summed E-state index contributed by atoms with van der Waals surface area (Å²) in [6.45, 7) is 0. The van der Waals surface area contributed by atoms with E-state index < -0.39 is 0 Å². The predicted molar refractivity (Wildman–Crippen MR) is 75.4 cm³/mol. The molecule has 0 bridgehead atoms. The van der Waals surface area contributed by atoms with Crippen LogP contribution in [0.25, 0.3) is 10.8 Å². The minimum absolute atomic E-state index is 0.334. The first-order valence-corrected chi connectivity index (χ1v) is 6.66. The fourth-order valence-electron chi connectivity index (χ4n) is 2.77. The largest absolute Gasteiger partial charge is 0.388 e. The molecule has 1 aliphatic rings. The summed E-state index contributed by atoms with van der Waals surface area (Å²) in [6, 6.07) is 14.6. The van der Waals surface area contributed by atoms with Crippen LogP contribution >= 0.6 is 0 Å². The van der Waals surface area contributed by atoms with Crippen molar-refractivity contribution < 1.29 is 5.11 Å². The number of aliphatic hydroxyl groups excluding tert-OH is 1. The Morgan fingerprint density at radius 3 is 2.61 bits per heavy atom. The van der Waals surface area contributed by atoms with Crippen LogP contribution in [-0.2, 0) is 0 Å². The topological polar surface area (TPSA) is 20.2 Å². The summed E-state index contributed by atoms with van der Waals surface area (Å²) in [7, 11) is 0. The van der Waals surface area contributed by atoms with Gasteiger partial charge in [-0.05, 0) is 47.6 Å². The molecule has 1 N–H and O–H groups in total. The number of allylic oxidation sites excluding steroid dienone is 2. The van der Waals surface area contributed by atoms with Gasteiger partial charge >= 0.3 is 0 Å². The summed E-state index contributed by atoms with van der Waals surface area (Å²) in [5, 5.41) is 12.9. The summed E-state index contributed by atoms with van der Waals surface area (Å²) in [4.78, 5) is 0. The van der Waals surface area contributed by atoms with E-state index in [1.54, 1.807) is 0 Å². The Morgan fingerprint density at radius 2 is 1.83 bits per heavy atom. The van der Waals surface area contributed by atoms with E-state index in [0.29, 0.717) is 5.92 Å². The highest BCUT2D eigenvalue weighted by Crippen LogP contribution is 2.32. The van der Waals surface area contributed by atoms with Gasteiger partial charge in [-0.1, -0.05) is 48.6 Å². The minimum Gasteiger partial charge on any atom is -0.388 e. The molecule has 1 heteroatoms. The summed E-state index contributed by atoms with van der Waals surface area (Å²) in [5.41, 5.74) is 1.05. The number of hydrogen-bond donors (Lipinski definition) is 1. The maximum Gasteiger partial charge on any atom is 0.0821 e. The van der Waals surface area contributed by atoms with E-state index in [1.165, 1.54) is 10.8 Å². The highest BCUT2D eigenvalue weighted by atomic mass is 16.3. The van der Waals surface area contributed by atoms with Gasteiger partial charge in [-0.3, -0.25) is 0 Å². The van der Waals surface area contributed by atoms with Gasteiger partial charge < -0.3 is 5.11 Å². The lowest BCUT2D eigenvalue weighted by molar-refractivity contribution is 0.103. The van der Waals surface area contributed by atoms with Gasteiger partial charge in [-0.15, -0.1) is 0 Å². The highest BCUT2D eigenvalue weighted by Gasteiger charge is 2.21. The van der Waals surface area contributed by atoms with E-state index in [1.807, 2.05) is 12.1 Å². The Morgan fingerprint density at radius 1 is 1.00 bits per heavy atom. The molecular weight excluding hydrogens is 220 g/mol. The Kier molecular flexibility index (Phi) is 3.16. The van der Waals surface area contributed by atoms with Crippen molar-refractivity contribution in [2.75, 3.05) is 0 Å². The average Bonchev–Trinajstić information content (AvgIpc) is 2.47. The van der Waals surface area contributed by atoms with Crippen LogP contribution in [-0.4, -0.2) is 5.11 Å². The molecule has 3 rings (SSSR count). The molecule has 0 saturated heterocycles. The Bertz CT molecular complexity index is 571. The van der Waals surface area contributed by atoms with Crippen LogP contribution in [0.2, 0.25) is 0 Å². The number of aliphatic hydroxyl groups is 1. The Balaban J connectivity index is 1.91. The standard InChI is InChI=1S/C17H18O/c18-17(14-7-2-1-3-8-14)16-11-10-13-6-4-5-9-15(13)12-16/h1-2,4-6,9-12,14,17-18H,3,7-8H2. The Labute approximate surface area is 108 Å². The smallest absolute Gasteiger partial charge is 0.0821 e. The van der Waals surface area contributed by atoms with Crippen molar-refractivity contribution in [2.24, 2.45) is 5.92 Å². The van der Waals surface area contributed by atoms with E-state index in [0.717, 1.165) is 24.8 Å². The van der Waals surface area contributed by atoms with E-state index >= 15 is 0 Å². The summed E-state index contributed by atoms with van der Waals surface area (Å²) in [5.74, 6) is 0.371. The molecule has 2 unspecified atom stereocenters. The molecule has 0 spiro atoms. The van der Waals surface area contributed by atoms with Crippen molar-refractivity contribution in [1.82, 2.24) is 0 Å². The summed E-state index contributed by atoms with van der Waals surface area (Å²) < 4.78 is 0. The highest BCUT2D eigenvalue weighted by molar-refractivity contribution is 5.83. The van der Waals surface area contributed by atoms with Gasteiger partial charge in [-0.2, -0.15) is 0 Å². The zero-order valence-corrected chi connectivity index (χ0v) is 10.4. The molecule has 0 aromatic heterocycles. The Hall–Kier alpha value is -1.60. The lowest BCUT2D eigenvalue weighted by Gasteiger charge is -2.24. The van der Waals surface area contributed by atoms with Crippen LogP contribution in [0.3, 0.4) is 0 Å². The van der Waals surface area contributed by atoms with Crippen molar-refractivity contribution in [3.8, 4) is 0 Å². The molecule has 18 heavy (non-hydrogen) atoms. The number of hydrogen-bond acceptors (Lipinski definition) is 1. The van der Waals surface area contributed by atoms with Gasteiger partial charge in [0.05, 0.1) is 6.10 Å². The van der Waals surface area contributed by atoms with Crippen LogP contribution in [0.5, 0.6) is 0 Å².